The van der Waals surface area contributed by atoms with Crippen LogP contribution < -0.4 is 0 Å². The second-order valence-corrected chi connectivity index (χ2v) is 10.0. The van der Waals surface area contributed by atoms with Crippen molar-refractivity contribution in [2.45, 2.75) is 37.8 Å². The van der Waals surface area contributed by atoms with E-state index in [2.05, 4.69) is 0 Å². The van der Waals surface area contributed by atoms with Crippen LogP contribution in [-0.2, 0) is 11.0 Å². The molecule has 1 atom stereocenters. The van der Waals surface area contributed by atoms with Gasteiger partial charge in [0.2, 0.25) is 0 Å². The molecule has 37 heavy (non-hydrogen) atoms. The van der Waals surface area contributed by atoms with Crippen LogP contribution in [0.4, 0.5) is 5.69 Å². The van der Waals surface area contributed by atoms with Crippen LogP contribution in [0.25, 0.3) is 0 Å². The van der Waals surface area contributed by atoms with Crippen molar-refractivity contribution in [1.82, 2.24) is 0 Å². The summed E-state index contributed by atoms with van der Waals surface area (Å²) in [5.41, 5.74) is 0.779. The summed E-state index contributed by atoms with van der Waals surface area (Å²) >= 11 is 0. The Morgan fingerprint density at radius 3 is 1.78 bits per heavy atom. The molecule has 2 N–H and O–H groups in total. The molecule has 0 fully saturated rings. The van der Waals surface area contributed by atoms with Gasteiger partial charge in [-0.3, -0.25) is 15.1 Å². The van der Waals surface area contributed by atoms with Crippen molar-refractivity contribution in [3.8, 4) is 5.75 Å². The van der Waals surface area contributed by atoms with Gasteiger partial charge in [-0.25, -0.2) is 0 Å². The maximum atomic E-state index is 11.9. The molecule has 0 heterocycles. The van der Waals surface area contributed by atoms with Crippen LogP contribution in [0.15, 0.2) is 108 Å². The summed E-state index contributed by atoms with van der Waals surface area (Å²) in [6, 6.07) is 30.8. The smallest absolute Gasteiger partial charge is 0.270 e. The first kappa shape index (κ1) is 25.8. The molecule has 6 nitrogen and oxygen atoms in total. The van der Waals surface area contributed by atoms with E-state index in [1.807, 2.05) is 112 Å². The monoisotopic (exact) mass is 494 g/mol. The van der Waals surface area contributed by atoms with Gasteiger partial charge in [0.25, 0.3) is 5.69 Å². The van der Waals surface area contributed by atoms with E-state index in [0.29, 0.717) is 11.1 Å². The van der Waals surface area contributed by atoms with E-state index in [4.69, 9.17) is 4.99 Å². The largest absolute Gasteiger partial charge is 0.507 e. The lowest BCUT2D eigenvalue weighted by molar-refractivity contribution is -0.385. The molecule has 0 bridgehead atoms. The van der Waals surface area contributed by atoms with Crippen molar-refractivity contribution in [3.05, 3.63) is 141 Å². The van der Waals surface area contributed by atoms with Crippen molar-refractivity contribution in [2.24, 2.45) is 4.99 Å². The maximum Gasteiger partial charge on any atom is 0.270 e. The highest BCUT2D eigenvalue weighted by molar-refractivity contribution is 5.86. The Hall–Kier alpha value is -4.29. The number of aliphatic hydroxyl groups excluding tert-OH is 1. The fraction of sp³-hybridized carbons (Fsp3) is 0.194. The molecule has 4 rings (SSSR count). The molecule has 0 aliphatic heterocycles. The van der Waals surface area contributed by atoms with Crippen LogP contribution in [0, 0.1) is 10.1 Å². The molecule has 0 amide bonds. The number of aliphatic imine (C=N–C) groups is 1. The summed E-state index contributed by atoms with van der Waals surface area (Å²) in [6.45, 7) is 5.64. The first-order valence-electron chi connectivity index (χ1n) is 12.1. The maximum absolute atomic E-state index is 11.9. The molecule has 0 aliphatic carbocycles. The lowest BCUT2D eigenvalue weighted by Crippen LogP contribution is -2.33. The van der Waals surface area contributed by atoms with E-state index in [0.717, 1.165) is 11.1 Å². The zero-order valence-corrected chi connectivity index (χ0v) is 21.1. The normalized spacial score (nSPS) is 13.0. The number of nitro benzene ring substituents is 1. The molecule has 0 aliphatic rings. The lowest BCUT2D eigenvalue weighted by atomic mass is 9.76. The third-order valence-electron chi connectivity index (χ3n) is 6.49. The summed E-state index contributed by atoms with van der Waals surface area (Å²) in [7, 11) is 0. The third-order valence-corrected chi connectivity index (χ3v) is 6.49. The molecule has 0 saturated carbocycles. The second kappa shape index (κ2) is 10.4. The summed E-state index contributed by atoms with van der Waals surface area (Å²) in [5, 5.41) is 34.8. The fourth-order valence-corrected chi connectivity index (χ4v) is 4.55. The first-order valence-corrected chi connectivity index (χ1v) is 12.1. The van der Waals surface area contributed by atoms with Gasteiger partial charge in [0, 0.05) is 29.5 Å². The first-order chi connectivity index (χ1) is 17.6. The van der Waals surface area contributed by atoms with Crippen molar-refractivity contribution in [2.75, 3.05) is 0 Å². The molecular weight excluding hydrogens is 464 g/mol. The van der Waals surface area contributed by atoms with Gasteiger partial charge < -0.3 is 10.2 Å². The highest BCUT2D eigenvalue weighted by Crippen LogP contribution is 2.45. The van der Waals surface area contributed by atoms with E-state index >= 15 is 0 Å². The molecule has 6 heteroatoms. The van der Waals surface area contributed by atoms with Crippen LogP contribution in [-0.4, -0.2) is 21.4 Å². The Morgan fingerprint density at radius 1 is 0.838 bits per heavy atom. The molecule has 0 unspecified atom stereocenters. The zero-order chi connectivity index (χ0) is 26.6. The summed E-state index contributed by atoms with van der Waals surface area (Å²) in [5.74, 6) is -0.0777. The van der Waals surface area contributed by atoms with Gasteiger partial charge in [-0.15, -0.1) is 0 Å². The van der Waals surface area contributed by atoms with E-state index in [-0.39, 0.29) is 17.0 Å². The standard InChI is InChI=1S/C31H30N2O4/c1-30(2,3)27-20-26(33(36)37)19-23(28(27)34)21-32-31(24-15-9-5-10-16-24,25-17-11-6-12-18-25)29(35)22-13-7-4-8-14-22/h4-21,29,34-35H,1-3H3/t29-/m0/s1. The molecule has 4 aromatic rings. The number of benzene rings is 4. The summed E-state index contributed by atoms with van der Waals surface area (Å²) in [4.78, 5) is 16.2. The van der Waals surface area contributed by atoms with Crippen molar-refractivity contribution < 1.29 is 15.1 Å². The van der Waals surface area contributed by atoms with Gasteiger partial charge in [0.15, 0.2) is 0 Å². The van der Waals surface area contributed by atoms with Crippen LogP contribution >= 0.6 is 0 Å². The topological polar surface area (TPSA) is 96.0 Å². The molecule has 0 aromatic heterocycles. The predicted octanol–water partition coefficient (Wildman–Crippen LogP) is 6.69. The number of non-ortho nitro benzene ring substituents is 1. The molecule has 0 spiro atoms. The average molecular weight is 495 g/mol. The van der Waals surface area contributed by atoms with Crippen molar-refractivity contribution in [3.63, 3.8) is 0 Å². The van der Waals surface area contributed by atoms with Crippen molar-refractivity contribution in [1.29, 1.82) is 0 Å². The minimum atomic E-state index is -1.30. The van der Waals surface area contributed by atoms with Gasteiger partial charge in [-0.1, -0.05) is 112 Å². The number of aliphatic hydroxyl groups is 1. The predicted molar refractivity (Wildman–Crippen MR) is 146 cm³/mol. The number of phenols is 1. The number of aromatic hydroxyl groups is 1. The Bertz CT molecular complexity index is 1360. The van der Waals surface area contributed by atoms with E-state index < -0.39 is 22.0 Å². The molecular formula is C31H30N2O4. The molecule has 0 saturated heterocycles. The number of nitro groups is 1. The van der Waals surface area contributed by atoms with E-state index in [9.17, 15) is 20.3 Å². The number of nitrogens with zero attached hydrogens (tertiary/aromatic N) is 2. The Morgan fingerprint density at radius 2 is 1.32 bits per heavy atom. The van der Waals surface area contributed by atoms with Gasteiger partial charge in [-0.05, 0) is 22.1 Å². The molecule has 188 valence electrons. The van der Waals surface area contributed by atoms with Crippen LogP contribution in [0.3, 0.4) is 0 Å². The number of rotatable bonds is 7. The minimum Gasteiger partial charge on any atom is -0.507 e. The Labute approximate surface area is 216 Å². The number of phenolic OH excluding ortho intramolecular Hbond substituents is 1. The van der Waals surface area contributed by atoms with Gasteiger partial charge >= 0.3 is 0 Å². The highest BCUT2D eigenvalue weighted by atomic mass is 16.6. The fourth-order valence-electron chi connectivity index (χ4n) is 4.55. The lowest BCUT2D eigenvalue weighted by Gasteiger charge is -2.36. The van der Waals surface area contributed by atoms with Crippen LogP contribution in [0.5, 0.6) is 5.75 Å². The molecule has 0 radical (unpaired) electrons. The van der Waals surface area contributed by atoms with Crippen LogP contribution in [0.1, 0.15) is 54.7 Å². The van der Waals surface area contributed by atoms with Gasteiger partial charge in [0.05, 0.1) is 4.92 Å². The second-order valence-electron chi connectivity index (χ2n) is 10.0. The number of hydrogen-bond acceptors (Lipinski definition) is 5. The summed E-state index contributed by atoms with van der Waals surface area (Å²) < 4.78 is 0. The van der Waals surface area contributed by atoms with Gasteiger partial charge in [0.1, 0.15) is 17.4 Å². The van der Waals surface area contributed by atoms with Crippen molar-refractivity contribution >= 4 is 11.9 Å². The molecule has 4 aromatic carbocycles. The zero-order valence-electron chi connectivity index (χ0n) is 21.1. The van der Waals surface area contributed by atoms with E-state index in [1.165, 1.54) is 18.3 Å². The number of hydrogen-bond donors (Lipinski definition) is 2. The Kier molecular flexibility index (Phi) is 7.23. The Balaban J connectivity index is 2.02. The summed E-state index contributed by atoms with van der Waals surface area (Å²) in [6.07, 6.45) is 0.335. The third kappa shape index (κ3) is 5.15. The average Bonchev–Trinajstić information content (AvgIpc) is 2.90. The van der Waals surface area contributed by atoms with E-state index in [1.54, 1.807) is 0 Å². The minimum absolute atomic E-state index is 0.0777. The van der Waals surface area contributed by atoms with Gasteiger partial charge in [-0.2, -0.15) is 0 Å². The quantitative estimate of drug-likeness (QED) is 0.170. The SMILES string of the molecule is CC(C)(C)c1cc([N+](=O)[O-])cc(C=NC(c2ccccc2)(c2ccccc2)[C@@H](O)c2ccccc2)c1O. The highest BCUT2D eigenvalue weighted by Gasteiger charge is 2.42. The van der Waals surface area contributed by atoms with Crippen LogP contribution in [0.2, 0.25) is 0 Å².